The molecule has 2 aliphatic heterocycles. The van der Waals surface area contributed by atoms with Gasteiger partial charge in [-0.15, -0.1) is 0 Å². The van der Waals surface area contributed by atoms with Gasteiger partial charge in [-0.1, -0.05) is 78.9 Å². The maximum absolute atomic E-state index is 12.4. The number of fused-ring (bicyclic) bond motifs is 2. The SMILES string of the molecule is O=C1OC2(OC2(c2ccccc2)c2ccccc2)c2ccccc21. The standard InChI is InChI=1S/C21H14O3/c22-19-17-13-7-8-14-18(17)21(23-19)20(24-21,15-9-3-1-4-10-15)16-11-5-2-6-12-16/h1-14H. The highest BCUT2D eigenvalue weighted by Gasteiger charge is 2.79. The summed E-state index contributed by atoms with van der Waals surface area (Å²) in [6.45, 7) is 0. The number of ether oxygens (including phenoxy) is 2. The topological polar surface area (TPSA) is 38.8 Å². The fraction of sp³-hybridized carbons (Fsp3) is 0.0952. The lowest BCUT2D eigenvalue weighted by molar-refractivity contribution is -0.00840. The summed E-state index contributed by atoms with van der Waals surface area (Å²) >= 11 is 0. The first-order valence-electron chi connectivity index (χ1n) is 7.92. The van der Waals surface area contributed by atoms with Crippen LogP contribution in [0.5, 0.6) is 0 Å². The lowest BCUT2D eigenvalue weighted by Gasteiger charge is -2.17. The number of rotatable bonds is 2. The van der Waals surface area contributed by atoms with Gasteiger partial charge in [0, 0.05) is 5.56 Å². The van der Waals surface area contributed by atoms with Gasteiger partial charge in [-0.25, -0.2) is 4.79 Å². The van der Waals surface area contributed by atoms with Crippen molar-refractivity contribution in [1.29, 1.82) is 0 Å². The van der Waals surface area contributed by atoms with E-state index in [9.17, 15) is 4.79 Å². The number of hydrogen-bond acceptors (Lipinski definition) is 3. The zero-order chi connectivity index (χ0) is 16.2. The predicted molar refractivity (Wildman–Crippen MR) is 88.3 cm³/mol. The van der Waals surface area contributed by atoms with Gasteiger partial charge in [-0.05, 0) is 17.2 Å². The summed E-state index contributed by atoms with van der Waals surface area (Å²) in [5.74, 6) is -1.41. The largest absolute Gasteiger partial charge is 0.421 e. The Bertz CT molecular complexity index is 894. The summed E-state index contributed by atoms with van der Waals surface area (Å²) in [4.78, 5) is 12.4. The molecule has 0 aromatic heterocycles. The first kappa shape index (κ1) is 13.5. The molecule has 1 atom stereocenters. The Labute approximate surface area is 139 Å². The van der Waals surface area contributed by atoms with Gasteiger partial charge in [-0.3, -0.25) is 0 Å². The fourth-order valence-corrected chi connectivity index (χ4v) is 3.73. The van der Waals surface area contributed by atoms with Crippen LogP contribution in [0.15, 0.2) is 84.9 Å². The summed E-state index contributed by atoms with van der Waals surface area (Å²) in [7, 11) is 0. The van der Waals surface area contributed by atoms with Crippen LogP contribution >= 0.6 is 0 Å². The quantitative estimate of drug-likeness (QED) is 0.530. The number of benzene rings is 3. The van der Waals surface area contributed by atoms with E-state index in [0.29, 0.717) is 5.56 Å². The van der Waals surface area contributed by atoms with Crippen LogP contribution in [0.3, 0.4) is 0 Å². The van der Waals surface area contributed by atoms with Gasteiger partial charge in [-0.2, -0.15) is 0 Å². The highest BCUT2D eigenvalue weighted by Crippen LogP contribution is 2.68. The molecule has 3 nitrogen and oxygen atoms in total. The van der Waals surface area contributed by atoms with Crippen LogP contribution in [0.2, 0.25) is 0 Å². The van der Waals surface area contributed by atoms with Crippen LogP contribution in [-0.2, 0) is 20.9 Å². The Morgan fingerprint density at radius 2 is 1.21 bits per heavy atom. The zero-order valence-electron chi connectivity index (χ0n) is 12.8. The first-order valence-corrected chi connectivity index (χ1v) is 7.92. The summed E-state index contributed by atoms with van der Waals surface area (Å²) in [5, 5.41) is 0. The molecule has 24 heavy (non-hydrogen) atoms. The van der Waals surface area contributed by atoms with Crippen molar-refractivity contribution >= 4 is 5.97 Å². The molecule has 1 fully saturated rings. The van der Waals surface area contributed by atoms with Crippen LogP contribution < -0.4 is 0 Å². The van der Waals surface area contributed by atoms with E-state index in [4.69, 9.17) is 9.47 Å². The van der Waals surface area contributed by atoms with E-state index in [0.717, 1.165) is 16.7 Å². The Hall–Kier alpha value is -2.91. The Morgan fingerprint density at radius 1 is 0.667 bits per heavy atom. The van der Waals surface area contributed by atoms with Crippen LogP contribution in [0.25, 0.3) is 0 Å². The monoisotopic (exact) mass is 314 g/mol. The van der Waals surface area contributed by atoms with Gasteiger partial charge < -0.3 is 9.47 Å². The third kappa shape index (κ3) is 1.52. The minimum Gasteiger partial charge on any atom is -0.421 e. The molecule has 0 aliphatic carbocycles. The van der Waals surface area contributed by atoms with Crippen LogP contribution in [0.1, 0.15) is 27.0 Å². The molecule has 3 aromatic carbocycles. The Kier molecular flexibility index (Phi) is 2.57. The molecule has 3 aromatic rings. The third-order valence-corrected chi connectivity index (χ3v) is 4.82. The molecule has 0 N–H and O–H groups in total. The molecule has 1 saturated heterocycles. The molecule has 1 unspecified atom stereocenters. The molecule has 2 aliphatic rings. The van der Waals surface area contributed by atoms with E-state index in [-0.39, 0.29) is 5.97 Å². The molecule has 116 valence electrons. The summed E-state index contributed by atoms with van der Waals surface area (Å²) in [5.41, 5.74) is 2.51. The van der Waals surface area contributed by atoms with E-state index in [2.05, 4.69) is 0 Å². The summed E-state index contributed by atoms with van der Waals surface area (Å²) in [6.07, 6.45) is 0. The van der Waals surface area contributed by atoms with Crippen molar-refractivity contribution in [3.8, 4) is 0 Å². The minimum absolute atomic E-state index is 0.334. The van der Waals surface area contributed by atoms with Gasteiger partial charge in [0.1, 0.15) is 0 Å². The van der Waals surface area contributed by atoms with E-state index in [1.807, 2.05) is 78.9 Å². The maximum Gasteiger partial charge on any atom is 0.341 e. The smallest absolute Gasteiger partial charge is 0.341 e. The van der Waals surface area contributed by atoms with Crippen molar-refractivity contribution in [2.45, 2.75) is 11.4 Å². The van der Waals surface area contributed by atoms with E-state index in [1.165, 1.54) is 0 Å². The van der Waals surface area contributed by atoms with Crippen molar-refractivity contribution in [2.75, 3.05) is 0 Å². The highest BCUT2D eigenvalue weighted by atomic mass is 16.8. The molecule has 3 heteroatoms. The molecule has 2 heterocycles. The molecule has 0 saturated carbocycles. The fourth-order valence-electron chi connectivity index (χ4n) is 3.73. The molecule has 0 amide bonds. The zero-order valence-corrected chi connectivity index (χ0v) is 12.8. The second kappa shape index (κ2) is 4.56. The number of epoxide rings is 1. The molecular weight excluding hydrogens is 300 g/mol. The van der Waals surface area contributed by atoms with E-state index < -0.39 is 11.4 Å². The van der Waals surface area contributed by atoms with Crippen molar-refractivity contribution in [2.24, 2.45) is 0 Å². The lowest BCUT2D eigenvalue weighted by atomic mass is 9.83. The number of carbonyl (C=O) groups is 1. The maximum atomic E-state index is 12.4. The van der Waals surface area contributed by atoms with E-state index >= 15 is 0 Å². The normalized spacial score (nSPS) is 22.9. The highest BCUT2D eigenvalue weighted by molar-refractivity contribution is 5.95. The second-order valence-electron chi connectivity index (χ2n) is 6.07. The Balaban J connectivity index is 1.77. The molecule has 0 bridgehead atoms. The van der Waals surface area contributed by atoms with Gasteiger partial charge in [0.2, 0.25) is 0 Å². The second-order valence-corrected chi connectivity index (χ2v) is 6.07. The van der Waals surface area contributed by atoms with Crippen molar-refractivity contribution in [3.63, 3.8) is 0 Å². The van der Waals surface area contributed by atoms with Gasteiger partial charge >= 0.3 is 5.97 Å². The first-order chi connectivity index (χ1) is 11.8. The Morgan fingerprint density at radius 3 is 1.83 bits per heavy atom. The summed E-state index contributed by atoms with van der Waals surface area (Å²) < 4.78 is 12.1. The van der Waals surface area contributed by atoms with Gasteiger partial charge in [0.15, 0.2) is 5.60 Å². The van der Waals surface area contributed by atoms with Crippen molar-refractivity contribution in [3.05, 3.63) is 107 Å². The molecule has 5 rings (SSSR count). The number of esters is 1. The molecular formula is C21H14O3. The summed E-state index contributed by atoms with van der Waals surface area (Å²) in [6, 6.07) is 27.3. The van der Waals surface area contributed by atoms with Gasteiger partial charge in [0.25, 0.3) is 5.79 Å². The number of carbonyl (C=O) groups excluding carboxylic acids is 1. The predicted octanol–water partition coefficient (Wildman–Crippen LogP) is 3.98. The van der Waals surface area contributed by atoms with E-state index in [1.54, 1.807) is 6.07 Å². The van der Waals surface area contributed by atoms with Gasteiger partial charge in [0.05, 0.1) is 5.56 Å². The van der Waals surface area contributed by atoms with Crippen LogP contribution in [0.4, 0.5) is 0 Å². The van der Waals surface area contributed by atoms with Crippen LogP contribution in [0, 0.1) is 0 Å². The average Bonchev–Trinajstić information content (AvgIpc) is 3.25. The molecule has 1 spiro atoms. The number of hydrogen-bond donors (Lipinski definition) is 0. The van der Waals surface area contributed by atoms with Crippen molar-refractivity contribution in [1.82, 2.24) is 0 Å². The minimum atomic E-state index is -1.08. The third-order valence-electron chi connectivity index (χ3n) is 4.82. The average molecular weight is 314 g/mol. The van der Waals surface area contributed by atoms with Crippen molar-refractivity contribution < 1.29 is 14.3 Å². The van der Waals surface area contributed by atoms with Crippen LogP contribution in [-0.4, -0.2) is 5.97 Å². The molecule has 0 radical (unpaired) electrons. The lowest BCUT2D eigenvalue weighted by Crippen LogP contribution is -2.24.